The average Bonchev–Trinajstić information content (AvgIpc) is 2.63. The van der Waals surface area contributed by atoms with Crippen molar-refractivity contribution in [2.45, 2.75) is 6.42 Å². The minimum absolute atomic E-state index is 0.0122. The van der Waals surface area contributed by atoms with Crippen molar-refractivity contribution in [3.05, 3.63) is 23.8 Å². The third kappa shape index (κ3) is 1.68. The number of methoxy groups -OCH3 is 1. The summed E-state index contributed by atoms with van der Waals surface area (Å²) < 4.78 is 4.84. The molecule has 0 atom stereocenters. The molecule has 2 rings (SSSR count). The molecule has 2 N–H and O–H groups in total. The molecule has 0 spiro atoms. The fraction of sp³-hybridized carbons (Fsp3) is 0.364. The number of ether oxygens (including phenoxy) is 1. The summed E-state index contributed by atoms with van der Waals surface area (Å²) in [7, 11) is 1.52. The number of rotatable bonds is 2. The molecule has 1 amide bonds. The van der Waals surface area contributed by atoms with E-state index in [-0.39, 0.29) is 12.5 Å². The molecule has 80 valence electrons. The number of benzene rings is 1. The summed E-state index contributed by atoms with van der Waals surface area (Å²) in [6, 6.07) is 5.65. The molecular formula is C11H14N2O2. The zero-order chi connectivity index (χ0) is 10.8. The molecule has 0 aromatic heterocycles. The Balaban J connectivity index is 2.29. The monoisotopic (exact) mass is 206 g/mol. The predicted molar refractivity (Wildman–Crippen MR) is 58.8 cm³/mol. The second-order valence-electron chi connectivity index (χ2n) is 3.57. The van der Waals surface area contributed by atoms with Gasteiger partial charge < -0.3 is 15.4 Å². The lowest BCUT2D eigenvalue weighted by atomic mass is 10.1. The molecule has 1 aliphatic heterocycles. The number of nitrogens with two attached hydrogens (primary N) is 1. The van der Waals surface area contributed by atoms with Gasteiger partial charge in [-0.05, 0) is 18.6 Å². The smallest absolute Gasteiger partial charge is 0.252 e. The second kappa shape index (κ2) is 3.90. The van der Waals surface area contributed by atoms with Gasteiger partial charge in [0.15, 0.2) is 0 Å². The van der Waals surface area contributed by atoms with Crippen molar-refractivity contribution in [2.75, 3.05) is 30.9 Å². The maximum atomic E-state index is 11.7. The first-order chi connectivity index (χ1) is 7.24. The van der Waals surface area contributed by atoms with E-state index >= 15 is 0 Å². The largest absolute Gasteiger partial charge is 0.398 e. The van der Waals surface area contributed by atoms with Crippen LogP contribution in [0.5, 0.6) is 0 Å². The van der Waals surface area contributed by atoms with E-state index in [0.29, 0.717) is 6.54 Å². The van der Waals surface area contributed by atoms with Crippen LogP contribution in [-0.4, -0.2) is 26.2 Å². The molecule has 0 aliphatic carbocycles. The molecule has 0 radical (unpaired) electrons. The summed E-state index contributed by atoms with van der Waals surface area (Å²) in [4.78, 5) is 13.4. The maximum Gasteiger partial charge on any atom is 0.252 e. The number of nitrogens with zero attached hydrogens (tertiary/aromatic N) is 1. The van der Waals surface area contributed by atoms with Gasteiger partial charge in [0.1, 0.15) is 6.61 Å². The predicted octanol–water partition coefficient (Wildman–Crippen LogP) is 0.804. The zero-order valence-corrected chi connectivity index (χ0v) is 8.69. The van der Waals surface area contributed by atoms with Crippen molar-refractivity contribution in [3.63, 3.8) is 0 Å². The van der Waals surface area contributed by atoms with Gasteiger partial charge in [0, 0.05) is 30.6 Å². The summed E-state index contributed by atoms with van der Waals surface area (Å²) in [5, 5.41) is 0. The van der Waals surface area contributed by atoms with Gasteiger partial charge in [-0.25, -0.2) is 0 Å². The number of amides is 1. The Morgan fingerprint density at radius 2 is 2.40 bits per heavy atom. The van der Waals surface area contributed by atoms with Crippen molar-refractivity contribution < 1.29 is 9.53 Å². The van der Waals surface area contributed by atoms with Gasteiger partial charge in [-0.15, -0.1) is 0 Å². The summed E-state index contributed by atoms with van der Waals surface area (Å²) >= 11 is 0. The van der Waals surface area contributed by atoms with Crippen molar-refractivity contribution in [1.82, 2.24) is 0 Å². The molecular weight excluding hydrogens is 192 g/mol. The van der Waals surface area contributed by atoms with Crippen LogP contribution in [0.2, 0.25) is 0 Å². The fourth-order valence-electron chi connectivity index (χ4n) is 1.92. The van der Waals surface area contributed by atoms with Crippen molar-refractivity contribution >= 4 is 17.3 Å². The van der Waals surface area contributed by atoms with E-state index in [1.165, 1.54) is 7.11 Å². The zero-order valence-electron chi connectivity index (χ0n) is 8.69. The Bertz CT molecular complexity index is 390. The van der Waals surface area contributed by atoms with Crippen LogP contribution in [0.3, 0.4) is 0 Å². The van der Waals surface area contributed by atoms with E-state index in [9.17, 15) is 4.79 Å². The molecule has 15 heavy (non-hydrogen) atoms. The van der Waals surface area contributed by atoms with Gasteiger partial charge in [-0.3, -0.25) is 4.79 Å². The van der Waals surface area contributed by atoms with Gasteiger partial charge in [0.25, 0.3) is 5.91 Å². The Kier molecular flexibility index (Phi) is 2.60. The van der Waals surface area contributed by atoms with Gasteiger partial charge in [-0.2, -0.15) is 0 Å². The number of carbonyl (C=O) groups is 1. The van der Waals surface area contributed by atoms with Gasteiger partial charge in [-0.1, -0.05) is 6.07 Å². The minimum Gasteiger partial charge on any atom is -0.398 e. The molecule has 1 aliphatic rings. The topological polar surface area (TPSA) is 55.6 Å². The van der Waals surface area contributed by atoms with E-state index in [2.05, 4.69) is 0 Å². The highest BCUT2D eigenvalue weighted by molar-refractivity contribution is 5.97. The van der Waals surface area contributed by atoms with E-state index in [4.69, 9.17) is 10.5 Å². The van der Waals surface area contributed by atoms with E-state index < -0.39 is 0 Å². The quantitative estimate of drug-likeness (QED) is 0.728. The number of anilines is 2. The van der Waals surface area contributed by atoms with Crippen LogP contribution >= 0.6 is 0 Å². The van der Waals surface area contributed by atoms with Crippen LogP contribution < -0.4 is 10.6 Å². The van der Waals surface area contributed by atoms with Crippen molar-refractivity contribution in [3.8, 4) is 0 Å². The highest BCUT2D eigenvalue weighted by Crippen LogP contribution is 2.31. The second-order valence-corrected chi connectivity index (χ2v) is 3.57. The molecule has 1 aromatic carbocycles. The fourth-order valence-corrected chi connectivity index (χ4v) is 1.92. The number of hydrogen-bond acceptors (Lipinski definition) is 3. The molecule has 0 fully saturated rings. The number of nitrogen functional groups attached to an aromatic ring is 1. The molecule has 1 aromatic rings. The first-order valence-corrected chi connectivity index (χ1v) is 4.90. The first kappa shape index (κ1) is 9.98. The SMILES string of the molecule is COCC(=O)N1CCc2c(N)cccc21. The normalized spacial score (nSPS) is 14.1. The molecule has 0 saturated carbocycles. The molecule has 0 saturated heterocycles. The average molecular weight is 206 g/mol. The van der Waals surface area contributed by atoms with E-state index in [1.807, 2.05) is 18.2 Å². The number of carbonyl (C=O) groups excluding carboxylic acids is 1. The molecule has 4 heteroatoms. The molecule has 4 nitrogen and oxygen atoms in total. The lowest BCUT2D eigenvalue weighted by Gasteiger charge is -2.16. The highest BCUT2D eigenvalue weighted by Gasteiger charge is 2.25. The van der Waals surface area contributed by atoms with Crippen LogP contribution in [0.25, 0.3) is 0 Å². The Labute approximate surface area is 88.6 Å². The van der Waals surface area contributed by atoms with Crippen molar-refractivity contribution in [2.24, 2.45) is 0 Å². The van der Waals surface area contributed by atoms with Crippen LogP contribution in [0.15, 0.2) is 18.2 Å². The van der Waals surface area contributed by atoms with Gasteiger partial charge in [0.05, 0.1) is 0 Å². The maximum absolute atomic E-state index is 11.7. The standard InChI is InChI=1S/C11H14N2O2/c1-15-7-11(14)13-6-5-8-9(12)3-2-4-10(8)13/h2-4H,5-7,12H2,1H3. The number of hydrogen-bond donors (Lipinski definition) is 1. The Hall–Kier alpha value is -1.55. The lowest BCUT2D eigenvalue weighted by Crippen LogP contribution is -2.31. The van der Waals surface area contributed by atoms with Crippen molar-refractivity contribution in [1.29, 1.82) is 0 Å². The summed E-state index contributed by atoms with van der Waals surface area (Å²) in [5.41, 5.74) is 8.60. The Morgan fingerprint density at radius 3 is 3.13 bits per heavy atom. The van der Waals surface area contributed by atoms with Crippen LogP contribution in [0.1, 0.15) is 5.56 Å². The van der Waals surface area contributed by atoms with Crippen LogP contribution in [0, 0.1) is 0 Å². The molecule has 0 unspecified atom stereocenters. The minimum atomic E-state index is -0.0122. The summed E-state index contributed by atoms with van der Waals surface area (Å²) in [6.45, 7) is 0.819. The first-order valence-electron chi connectivity index (χ1n) is 4.90. The molecule has 0 bridgehead atoms. The van der Waals surface area contributed by atoms with Gasteiger partial charge >= 0.3 is 0 Å². The third-order valence-electron chi connectivity index (χ3n) is 2.63. The highest BCUT2D eigenvalue weighted by atomic mass is 16.5. The number of fused-ring (bicyclic) bond motifs is 1. The third-order valence-corrected chi connectivity index (χ3v) is 2.63. The molecule has 1 heterocycles. The van der Waals surface area contributed by atoms with Crippen LogP contribution in [0.4, 0.5) is 11.4 Å². The summed E-state index contributed by atoms with van der Waals surface area (Å²) in [5.74, 6) is -0.0122. The lowest BCUT2D eigenvalue weighted by molar-refractivity contribution is -0.122. The van der Waals surface area contributed by atoms with Gasteiger partial charge in [0.2, 0.25) is 0 Å². The van der Waals surface area contributed by atoms with E-state index in [1.54, 1.807) is 4.90 Å². The van der Waals surface area contributed by atoms with Crippen LogP contribution in [-0.2, 0) is 16.0 Å². The summed E-state index contributed by atoms with van der Waals surface area (Å²) in [6.07, 6.45) is 0.831. The Morgan fingerprint density at radius 1 is 1.60 bits per heavy atom. The van der Waals surface area contributed by atoms with E-state index in [0.717, 1.165) is 23.4 Å².